The Morgan fingerprint density at radius 1 is 1.00 bits per heavy atom. The van der Waals surface area contributed by atoms with Crippen LogP contribution in [0.4, 0.5) is 0 Å². The minimum Gasteiger partial charge on any atom is -0.422 e. The van der Waals surface area contributed by atoms with E-state index in [4.69, 9.17) is 21.6 Å². The SMILES string of the molecule is N#Cc1cccc(C(=O)Oc2ccc(Cl)c3ccccc23)c1. The van der Waals surface area contributed by atoms with E-state index in [1.165, 1.54) is 6.07 Å². The normalized spacial score (nSPS) is 10.2. The van der Waals surface area contributed by atoms with Crippen LogP contribution in [0, 0.1) is 11.3 Å². The Kier molecular flexibility index (Phi) is 3.78. The molecule has 3 nitrogen and oxygen atoms in total. The van der Waals surface area contributed by atoms with Crippen LogP contribution >= 0.6 is 11.6 Å². The maximum Gasteiger partial charge on any atom is 0.343 e. The van der Waals surface area contributed by atoms with E-state index >= 15 is 0 Å². The van der Waals surface area contributed by atoms with E-state index in [0.717, 1.165) is 10.8 Å². The molecule has 0 spiro atoms. The fourth-order valence-corrected chi connectivity index (χ4v) is 2.43. The molecule has 4 heteroatoms. The Morgan fingerprint density at radius 2 is 1.77 bits per heavy atom. The molecule has 22 heavy (non-hydrogen) atoms. The lowest BCUT2D eigenvalue weighted by atomic mass is 10.1. The number of hydrogen-bond donors (Lipinski definition) is 0. The second-order valence-corrected chi connectivity index (χ2v) is 5.08. The van der Waals surface area contributed by atoms with Crippen LogP contribution in [0.5, 0.6) is 5.75 Å². The molecule has 0 amide bonds. The molecule has 0 atom stereocenters. The summed E-state index contributed by atoms with van der Waals surface area (Å²) in [5, 5.41) is 11.1. The lowest BCUT2D eigenvalue weighted by Crippen LogP contribution is -2.08. The van der Waals surface area contributed by atoms with Crippen molar-refractivity contribution in [2.45, 2.75) is 0 Å². The lowest BCUT2D eigenvalue weighted by molar-refractivity contribution is 0.0737. The number of halogens is 1. The Bertz CT molecular complexity index is 912. The van der Waals surface area contributed by atoms with Crippen molar-refractivity contribution >= 4 is 28.3 Å². The van der Waals surface area contributed by atoms with Gasteiger partial charge in [-0.15, -0.1) is 0 Å². The molecular weight excluding hydrogens is 298 g/mol. The standard InChI is InChI=1S/C18H10ClNO2/c19-16-8-9-17(15-7-2-1-6-14(15)16)22-18(21)13-5-3-4-12(10-13)11-20/h1-10H. The summed E-state index contributed by atoms with van der Waals surface area (Å²) in [7, 11) is 0. The number of nitriles is 1. The first-order chi connectivity index (χ1) is 10.7. The molecule has 0 heterocycles. The first kappa shape index (κ1) is 14.1. The second-order valence-electron chi connectivity index (χ2n) is 4.67. The van der Waals surface area contributed by atoms with Crippen molar-refractivity contribution in [3.63, 3.8) is 0 Å². The topological polar surface area (TPSA) is 50.1 Å². The summed E-state index contributed by atoms with van der Waals surface area (Å²) < 4.78 is 5.46. The number of benzene rings is 3. The van der Waals surface area contributed by atoms with Gasteiger partial charge in [0, 0.05) is 15.8 Å². The first-order valence-corrected chi connectivity index (χ1v) is 6.96. The molecule has 0 aliphatic rings. The average Bonchev–Trinajstić information content (AvgIpc) is 2.57. The molecular formula is C18H10ClNO2. The largest absolute Gasteiger partial charge is 0.422 e. The van der Waals surface area contributed by atoms with Crippen LogP contribution in [0.25, 0.3) is 10.8 Å². The van der Waals surface area contributed by atoms with Gasteiger partial charge >= 0.3 is 5.97 Å². The predicted octanol–water partition coefficient (Wildman–Crippen LogP) is 4.58. The molecule has 0 N–H and O–H groups in total. The zero-order chi connectivity index (χ0) is 15.5. The number of rotatable bonds is 2. The van der Waals surface area contributed by atoms with E-state index < -0.39 is 5.97 Å². The highest BCUT2D eigenvalue weighted by Gasteiger charge is 2.12. The number of esters is 1. The van der Waals surface area contributed by atoms with Gasteiger partial charge in [-0.1, -0.05) is 41.9 Å². The molecule has 0 saturated carbocycles. The van der Waals surface area contributed by atoms with Crippen molar-refractivity contribution in [1.82, 2.24) is 0 Å². The quantitative estimate of drug-likeness (QED) is 0.514. The van der Waals surface area contributed by atoms with Crippen LogP contribution in [0.15, 0.2) is 60.7 Å². The van der Waals surface area contributed by atoms with Gasteiger partial charge in [0.05, 0.1) is 17.2 Å². The summed E-state index contributed by atoms with van der Waals surface area (Å²) in [6.07, 6.45) is 0. The number of nitrogens with zero attached hydrogens (tertiary/aromatic N) is 1. The Hall–Kier alpha value is -2.83. The minimum atomic E-state index is -0.510. The molecule has 106 valence electrons. The fourth-order valence-electron chi connectivity index (χ4n) is 2.20. The highest BCUT2D eigenvalue weighted by molar-refractivity contribution is 6.35. The molecule has 0 unspecified atom stereocenters. The van der Waals surface area contributed by atoms with Gasteiger partial charge in [-0.2, -0.15) is 5.26 Å². The van der Waals surface area contributed by atoms with E-state index in [9.17, 15) is 4.79 Å². The molecule has 3 aromatic carbocycles. The van der Waals surface area contributed by atoms with E-state index in [0.29, 0.717) is 21.9 Å². The zero-order valence-corrected chi connectivity index (χ0v) is 12.2. The lowest BCUT2D eigenvalue weighted by Gasteiger charge is -2.09. The molecule has 0 saturated heterocycles. The fraction of sp³-hybridized carbons (Fsp3) is 0. The van der Waals surface area contributed by atoms with Crippen LogP contribution in [0.2, 0.25) is 5.02 Å². The summed E-state index contributed by atoms with van der Waals surface area (Å²) in [6.45, 7) is 0. The smallest absolute Gasteiger partial charge is 0.343 e. The van der Waals surface area contributed by atoms with Crippen molar-refractivity contribution in [2.75, 3.05) is 0 Å². The van der Waals surface area contributed by atoms with E-state index in [2.05, 4.69) is 0 Å². The monoisotopic (exact) mass is 307 g/mol. The van der Waals surface area contributed by atoms with Crippen molar-refractivity contribution in [2.24, 2.45) is 0 Å². The molecule has 0 bridgehead atoms. The van der Waals surface area contributed by atoms with Crippen molar-refractivity contribution in [3.05, 3.63) is 76.8 Å². The predicted molar refractivity (Wildman–Crippen MR) is 85.1 cm³/mol. The first-order valence-electron chi connectivity index (χ1n) is 6.58. The van der Waals surface area contributed by atoms with E-state index in [1.807, 2.05) is 30.3 Å². The molecule has 3 rings (SSSR count). The zero-order valence-electron chi connectivity index (χ0n) is 11.4. The number of carbonyl (C=O) groups excluding carboxylic acids is 1. The summed E-state index contributed by atoms with van der Waals surface area (Å²) in [5.74, 6) is -0.0723. The van der Waals surface area contributed by atoms with Gasteiger partial charge in [-0.25, -0.2) is 4.79 Å². The molecule has 0 aliphatic heterocycles. The maximum atomic E-state index is 12.2. The van der Waals surface area contributed by atoms with Gasteiger partial charge in [0.15, 0.2) is 0 Å². The summed E-state index contributed by atoms with van der Waals surface area (Å²) in [5.41, 5.74) is 0.744. The Labute approximate surface area is 132 Å². The van der Waals surface area contributed by atoms with Crippen LogP contribution in [-0.2, 0) is 0 Å². The molecule has 0 aliphatic carbocycles. The van der Waals surface area contributed by atoms with Gasteiger partial charge in [0.2, 0.25) is 0 Å². The third kappa shape index (κ3) is 2.65. The van der Waals surface area contributed by atoms with Gasteiger partial charge in [0.1, 0.15) is 5.75 Å². The minimum absolute atomic E-state index is 0.332. The maximum absolute atomic E-state index is 12.2. The van der Waals surface area contributed by atoms with Crippen molar-refractivity contribution in [3.8, 4) is 11.8 Å². The molecule has 0 fully saturated rings. The molecule has 0 aromatic heterocycles. The number of fused-ring (bicyclic) bond motifs is 1. The summed E-state index contributed by atoms with van der Waals surface area (Å²) >= 11 is 6.15. The van der Waals surface area contributed by atoms with Crippen LogP contribution in [0.1, 0.15) is 15.9 Å². The number of ether oxygens (including phenoxy) is 1. The van der Waals surface area contributed by atoms with Crippen LogP contribution in [-0.4, -0.2) is 5.97 Å². The van der Waals surface area contributed by atoms with Crippen molar-refractivity contribution in [1.29, 1.82) is 5.26 Å². The van der Waals surface area contributed by atoms with Crippen molar-refractivity contribution < 1.29 is 9.53 Å². The van der Waals surface area contributed by atoms with E-state index in [-0.39, 0.29) is 0 Å². The Balaban J connectivity index is 1.98. The Morgan fingerprint density at radius 3 is 2.55 bits per heavy atom. The average molecular weight is 308 g/mol. The molecule has 0 radical (unpaired) electrons. The third-order valence-corrected chi connectivity index (χ3v) is 3.59. The highest BCUT2D eigenvalue weighted by Crippen LogP contribution is 2.31. The van der Waals surface area contributed by atoms with Gasteiger partial charge in [-0.05, 0) is 30.3 Å². The number of carbonyl (C=O) groups is 1. The summed E-state index contributed by atoms with van der Waals surface area (Å²) in [4.78, 5) is 12.2. The number of hydrogen-bond acceptors (Lipinski definition) is 3. The van der Waals surface area contributed by atoms with Crippen LogP contribution in [0.3, 0.4) is 0 Å². The van der Waals surface area contributed by atoms with Crippen LogP contribution < -0.4 is 4.74 Å². The van der Waals surface area contributed by atoms with E-state index in [1.54, 1.807) is 30.3 Å². The second kappa shape index (κ2) is 5.88. The third-order valence-electron chi connectivity index (χ3n) is 3.26. The highest BCUT2D eigenvalue weighted by atomic mass is 35.5. The molecule has 3 aromatic rings. The van der Waals surface area contributed by atoms with Gasteiger partial charge in [0.25, 0.3) is 0 Å². The van der Waals surface area contributed by atoms with Gasteiger partial charge < -0.3 is 4.74 Å². The summed E-state index contributed by atoms with van der Waals surface area (Å²) in [6, 6.07) is 19.2. The van der Waals surface area contributed by atoms with Gasteiger partial charge in [-0.3, -0.25) is 0 Å².